The monoisotopic (exact) mass is 246 g/mol. The quantitative estimate of drug-likeness (QED) is 0.754. The summed E-state index contributed by atoms with van der Waals surface area (Å²) in [5.74, 6) is 0. The standard InChI is InChI=1S/C16H26N2/c1-2-14-6-8-15(9-7-14)13-17-12-10-16-5-3-4-11-18-16/h6-9,16-18H,2-5,10-13H2,1H3. The van der Waals surface area contributed by atoms with Gasteiger partial charge in [0.25, 0.3) is 0 Å². The van der Waals surface area contributed by atoms with Crippen LogP contribution >= 0.6 is 0 Å². The third-order valence-corrected chi connectivity index (χ3v) is 3.84. The summed E-state index contributed by atoms with van der Waals surface area (Å²) in [6, 6.07) is 9.70. The molecular weight excluding hydrogens is 220 g/mol. The Labute approximate surface area is 111 Å². The Morgan fingerprint density at radius 2 is 1.94 bits per heavy atom. The van der Waals surface area contributed by atoms with Gasteiger partial charge in [0.2, 0.25) is 0 Å². The van der Waals surface area contributed by atoms with Crippen LogP contribution < -0.4 is 10.6 Å². The Kier molecular flexibility index (Phi) is 5.69. The molecule has 1 aliphatic heterocycles. The molecule has 0 spiro atoms. The molecule has 2 heteroatoms. The summed E-state index contributed by atoms with van der Waals surface area (Å²) in [4.78, 5) is 0. The van der Waals surface area contributed by atoms with E-state index in [4.69, 9.17) is 0 Å². The average Bonchev–Trinajstić information content (AvgIpc) is 2.45. The number of piperidine rings is 1. The molecule has 1 fully saturated rings. The van der Waals surface area contributed by atoms with Crippen LogP contribution in [0.1, 0.15) is 43.7 Å². The first-order chi connectivity index (χ1) is 8.88. The Morgan fingerprint density at radius 3 is 2.61 bits per heavy atom. The van der Waals surface area contributed by atoms with Gasteiger partial charge >= 0.3 is 0 Å². The van der Waals surface area contributed by atoms with Gasteiger partial charge in [0.1, 0.15) is 0 Å². The van der Waals surface area contributed by atoms with E-state index in [2.05, 4.69) is 41.8 Å². The summed E-state index contributed by atoms with van der Waals surface area (Å²) in [6.45, 7) is 5.53. The largest absolute Gasteiger partial charge is 0.314 e. The molecule has 0 bridgehead atoms. The number of nitrogens with one attached hydrogen (secondary N) is 2. The Bertz CT molecular complexity index is 325. The molecule has 0 saturated carbocycles. The number of aryl methyl sites for hydroxylation is 1. The maximum atomic E-state index is 3.59. The van der Waals surface area contributed by atoms with Crippen molar-refractivity contribution in [2.75, 3.05) is 13.1 Å². The van der Waals surface area contributed by atoms with Gasteiger partial charge in [-0.15, -0.1) is 0 Å². The molecule has 1 saturated heterocycles. The van der Waals surface area contributed by atoms with Gasteiger partial charge in [0.05, 0.1) is 0 Å². The highest BCUT2D eigenvalue weighted by atomic mass is 14.9. The molecule has 1 heterocycles. The van der Waals surface area contributed by atoms with Crippen LogP contribution in [0.4, 0.5) is 0 Å². The molecule has 1 aromatic rings. The lowest BCUT2D eigenvalue weighted by molar-refractivity contribution is 0.376. The molecule has 0 aromatic heterocycles. The lowest BCUT2D eigenvalue weighted by atomic mass is 10.0. The zero-order valence-electron chi connectivity index (χ0n) is 11.5. The Hall–Kier alpha value is -0.860. The molecule has 2 nitrogen and oxygen atoms in total. The van der Waals surface area contributed by atoms with E-state index < -0.39 is 0 Å². The van der Waals surface area contributed by atoms with Gasteiger partial charge in [-0.3, -0.25) is 0 Å². The highest BCUT2D eigenvalue weighted by molar-refractivity contribution is 5.22. The Balaban J connectivity index is 1.62. The first-order valence-electron chi connectivity index (χ1n) is 7.40. The van der Waals surface area contributed by atoms with Crippen LogP contribution in [0.5, 0.6) is 0 Å². The van der Waals surface area contributed by atoms with Gasteiger partial charge in [-0.2, -0.15) is 0 Å². The van der Waals surface area contributed by atoms with Crippen molar-refractivity contribution in [1.29, 1.82) is 0 Å². The molecule has 0 radical (unpaired) electrons. The predicted molar refractivity (Wildman–Crippen MR) is 77.8 cm³/mol. The van der Waals surface area contributed by atoms with Crippen LogP contribution in [-0.2, 0) is 13.0 Å². The fourth-order valence-electron chi connectivity index (χ4n) is 2.57. The summed E-state index contributed by atoms with van der Waals surface area (Å²) >= 11 is 0. The summed E-state index contributed by atoms with van der Waals surface area (Å²) in [5.41, 5.74) is 2.81. The second-order valence-corrected chi connectivity index (χ2v) is 5.28. The van der Waals surface area contributed by atoms with Crippen LogP contribution in [0.2, 0.25) is 0 Å². The van der Waals surface area contributed by atoms with Crippen molar-refractivity contribution in [3.05, 3.63) is 35.4 Å². The minimum Gasteiger partial charge on any atom is -0.314 e. The second-order valence-electron chi connectivity index (χ2n) is 5.28. The van der Waals surface area contributed by atoms with E-state index in [1.165, 1.54) is 43.4 Å². The number of benzene rings is 1. The lowest BCUT2D eigenvalue weighted by Crippen LogP contribution is -2.36. The van der Waals surface area contributed by atoms with E-state index in [1.54, 1.807) is 0 Å². The summed E-state index contributed by atoms with van der Waals surface area (Å²) < 4.78 is 0. The summed E-state index contributed by atoms with van der Waals surface area (Å²) in [6.07, 6.45) is 6.49. The maximum Gasteiger partial charge on any atom is 0.0205 e. The smallest absolute Gasteiger partial charge is 0.0205 e. The van der Waals surface area contributed by atoms with E-state index in [-0.39, 0.29) is 0 Å². The fraction of sp³-hybridized carbons (Fsp3) is 0.625. The minimum atomic E-state index is 0.744. The van der Waals surface area contributed by atoms with Crippen molar-refractivity contribution < 1.29 is 0 Å². The highest BCUT2D eigenvalue weighted by Crippen LogP contribution is 2.09. The topological polar surface area (TPSA) is 24.1 Å². The summed E-state index contributed by atoms with van der Waals surface area (Å²) in [5, 5.41) is 7.14. The van der Waals surface area contributed by atoms with Gasteiger partial charge in [-0.25, -0.2) is 0 Å². The molecule has 0 amide bonds. The first kappa shape index (κ1) is 13.6. The number of rotatable bonds is 6. The van der Waals surface area contributed by atoms with E-state index in [9.17, 15) is 0 Å². The van der Waals surface area contributed by atoms with Crippen molar-refractivity contribution in [2.45, 2.75) is 51.6 Å². The molecule has 1 aliphatic rings. The fourth-order valence-corrected chi connectivity index (χ4v) is 2.57. The van der Waals surface area contributed by atoms with Gasteiger partial charge in [-0.1, -0.05) is 37.6 Å². The third-order valence-electron chi connectivity index (χ3n) is 3.84. The van der Waals surface area contributed by atoms with Crippen molar-refractivity contribution in [3.63, 3.8) is 0 Å². The molecule has 0 aliphatic carbocycles. The predicted octanol–water partition coefficient (Wildman–Crippen LogP) is 2.87. The van der Waals surface area contributed by atoms with Crippen LogP contribution in [-0.4, -0.2) is 19.1 Å². The SMILES string of the molecule is CCc1ccc(CNCCC2CCCCN2)cc1. The van der Waals surface area contributed by atoms with Crippen LogP contribution in [0.15, 0.2) is 24.3 Å². The maximum absolute atomic E-state index is 3.59. The number of hydrogen-bond acceptors (Lipinski definition) is 2. The summed E-state index contributed by atoms with van der Waals surface area (Å²) in [7, 11) is 0. The molecular formula is C16H26N2. The minimum absolute atomic E-state index is 0.744. The van der Waals surface area contributed by atoms with Gasteiger partial charge < -0.3 is 10.6 Å². The molecule has 1 aromatic carbocycles. The number of hydrogen-bond donors (Lipinski definition) is 2. The molecule has 1 atom stereocenters. The van der Waals surface area contributed by atoms with E-state index in [0.717, 1.165) is 25.6 Å². The van der Waals surface area contributed by atoms with Crippen molar-refractivity contribution in [1.82, 2.24) is 10.6 Å². The van der Waals surface area contributed by atoms with E-state index >= 15 is 0 Å². The molecule has 2 N–H and O–H groups in total. The first-order valence-corrected chi connectivity index (χ1v) is 7.40. The van der Waals surface area contributed by atoms with Gasteiger partial charge in [-0.05, 0) is 49.9 Å². The average molecular weight is 246 g/mol. The molecule has 1 unspecified atom stereocenters. The van der Waals surface area contributed by atoms with Crippen molar-refractivity contribution >= 4 is 0 Å². The van der Waals surface area contributed by atoms with Gasteiger partial charge in [0.15, 0.2) is 0 Å². The van der Waals surface area contributed by atoms with Crippen molar-refractivity contribution in [3.8, 4) is 0 Å². The van der Waals surface area contributed by atoms with Crippen molar-refractivity contribution in [2.24, 2.45) is 0 Å². The highest BCUT2D eigenvalue weighted by Gasteiger charge is 2.11. The van der Waals surface area contributed by atoms with Crippen LogP contribution in [0, 0.1) is 0 Å². The normalized spacial score (nSPS) is 19.9. The third kappa shape index (κ3) is 4.43. The van der Waals surface area contributed by atoms with Crippen LogP contribution in [0.3, 0.4) is 0 Å². The van der Waals surface area contributed by atoms with E-state index in [0.29, 0.717) is 0 Å². The van der Waals surface area contributed by atoms with Crippen LogP contribution in [0.25, 0.3) is 0 Å². The zero-order chi connectivity index (χ0) is 12.6. The second kappa shape index (κ2) is 7.55. The Morgan fingerprint density at radius 1 is 1.17 bits per heavy atom. The zero-order valence-corrected chi connectivity index (χ0v) is 11.5. The molecule has 2 rings (SSSR count). The van der Waals surface area contributed by atoms with E-state index in [1.807, 2.05) is 0 Å². The van der Waals surface area contributed by atoms with Gasteiger partial charge in [0, 0.05) is 12.6 Å². The molecule has 18 heavy (non-hydrogen) atoms. The molecule has 100 valence electrons. The lowest BCUT2D eigenvalue weighted by Gasteiger charge is -2.23.